The van der Waals surface area contributed by atoms with E-state index in [2.05, 4.69) is 29.2 Å². The number of carbonyl (C=O) groups is 1. The largest absolute Gasteiger partial charge is 0.493 e. The van der Waals surface area contributed by atoms with Crippen LogP contribution in [0.2, 0.25) is 0 Å². The fraction of sp³-hybridized carbons (Fsp3) is 0.536. The highest BCUT2D eigenvalue weighted by Gasteiger charge is 2.38. The maximum atomic E-state index is 13.3. The van der Waals surface area contributed by atoms with Gasteiger partial charge in [-0.15, -0.1) is 0 Å². The summed E-state index contributed by atoms with van der Waals surface area (Å²) in [7, 11) is 1.67. The van der Waals surface area contributed by atoms with Crippen molar-refractivity contribution in [2.24, 2.45) is 5.73 Å². The van der Waals surface area contributed by atoms with Gasteiger partial charge in [0.15, 0.2) is 11.5 Å². The summed E-state index contributed by atoms with van der Waals surface area (Å²) in [5.41, 5.74) is 7.10. The Kier molecular flexibility index (Phi) is 7.87. The van der Waals surface area contributed by atoms with Crippen molar-refractivity contribution in [2.75, 3.05) is 31.6 Å². The third-order valence-corrected chi connectivity index (χ3v) is 7.22. The summed E-state index contributed by atoms with van der Waals surface area (Å²) < 4.78 is 11.9. The van der Waals surface area contributed by atoms with Gasteiger partial charge >= 0.3 is 0 Å². The standard InChI is InChI=1S/C28H39N3O4/c1-28(2,33)26(29)27(32)31-16-15-30(19-22(31)17-20-9-5-4-6-10-20)21-13-14-24(34-3)25(18-21)35-23-11-7-8-12-23/h4-6,9-10,13-14,18,22-23,26,33H,7-8,11-12,15-17,19,29H2,1-3H3/t22-,26+/m0/s1. The fourth-order valence-electron chi connectivity index (χ4n) is 5.06. The first-order chi connectivity index (χ1) is 16.8. The van der Waals surface area contributed by atoms with Crippen molar-refractivity contribution in [2.45, 2.75) is 69.7 Å². The summed E-state index contributed by atoms with van der Waals surface area (Å²) in [6.45, 7) is 5.03. The van der Waals surface area contributed by atoms with Crippen LogP contribution in [0.4, 0.5) is 5.69 Å². The highest BCUT2D eigenvalue weighted by molar-refractivity contribution is 5.83. The second-order valence-corrected chi connectivity index (χ2v) is 10.3. The number of nitrogens with two attached hydrogens (primary N) is 1. The molecule has 0 bridgehead atoms. The van der Waals surface area contributed by atoms with Crippen LogP contribution < -0.4 is 20.1 Å². The van der Waals surface area contributed by atoms with Crippen LogP contribution in [0.5, 0.6) is 11.5 Å². The number of rotatable bonds is 8. The molecule has 4 rings (SSSR count). The molecule has 2 aliphatic rings. The molecule has 2 fully saturated rings. The summed E-state index contributed by atoms with van der Waals surface area (Å²) in [4.78, 5) is 17.5. The van der Waals surface area contributed by atoms with E-state index in [4.69, 9.17) is 15.2 Å². The van der Waals surface area contributed by atoms with E-state index in [-0.39, 0.29) is 18.1 Å². The molecular weight excluding hydrogens is 442 g/mol. The molecule has 0 unspecified atom stereocenters. The number of carbonyl (C=O) groups excluding carboxylic acids is 1. The molecule has 190 valence electrons. The second kappa shape index (κ2) is 10.9. The number of amides is 1. The average Bonchev–Trinajstić information content (AvgIpc) is 3.36. The zero-order valence-electron chi connectivity index (χ0n) is 21.2. The number of aliphatic hydroxyl groups is 1. The van der Waals surface area contributed by atoms with Crippen molar-refractivity contribution < 1.29 is 19.4 Å². The van der Waals surface area contributed by atoms with E-state index < -0.39 is 11.6 Å². The Hall–Kier alpha value is -2.77. The molecule has 1 saturated carbocycles. The zero-order chi connectivity index (χ0) is 25.0. The van der Waals surface area contributed by atoms with Crippen molar-refractivity contribution in [3.8, 4) is 11.5 Å². The van der Waals surface area contributed by atoms with Gasteiger partial charge in [0.2, 0.25) is 5.91 Å². The van der Waals surface area contributed by atoms with Gasteiger partial charge in [0.05, 0.1) is 24.9 Å². The van der Waals surface area contributed by atoms with Crippen LogP contribution in [0.25, 0.3) is 0 Å². The number of anilines is 1. The van der Waals surface area contributed by atoms with Crippen LogP contribution in [-0.2, 0) is 11.2 Å². The quantitative estimate of drug-likeness (QED) is 0.601. The molecule has 3 N–H and O–H groups in total. The molecule has 2 atom stereocenters. The maximum absolute atomic E-state index is 13.3. The number of hydrogen-bond acceptors (Lipinski definition) is 6. The van der Waals surface area contributed by atoms with E-state index in [0.717, 1.165) is 35.6 Å². The van der Waals surface area contributed by atoms with Crippen LogP contribution in [0.15, 0.2) is 48.5 Å². The minimum Gasteiger partial charge on any atom is -0.493 e. The van der Waals surface area contributed by atoms with Gasteiger partial charge in [-0.25, -0.2) is 0 Å². The summed E-state index contributed by atoms with van der Waals surface area (Å²) in [6.07, 6.45) is 5.52. The van der Waals surface area contributed by atoms with Crippen LogP contribution >= 0.6 is 0 Å². The predicted molar refractivity (Wildman–Crippen MR) is 138 cm³/mol. The van der Waals surface area contributed by atoms with Crippen LogP contribution in [-0.4, -0.2) is 66.4 Å². The maximum Gasteiger partial charge on any atom is 0.242 e. The summed E-state index contributed by atoms with van der Waals surface area (Å²) >= 11 is 0. The Labute approximate surface area is 208 Å². The summed E-state index contributed by atoms with van der Waals surface area (Å²) in [6, 6.07) is 15.2. The first-order valence-corrected chi connectivity index (χ1v) is 12.7. The monoisotopic (exact) mass is 481 g/mol. The van der Waals surface area contributed by atoms with E-state index in [1.54, 1.807) is 21.0 Å². The Morgan fingerprint density at radius 2 is 1.83 bits per heavy atom. The van der Waals surface area contributed by atoms with Gasteiger partial charge in [-0.05, 0) is 63.6 Å². The fourth-order valence-corrected chi connectivity index (χ4v) is 5.06. The van der Waals surface area contributed by atoms with Crippen molar-refractivity contribution in [3.05, 3.63) is 54.1 Å². The molecule has 1 aliphatic heterocycles. The summed E-state index contributed by atoms with van der Waals surface area (Å²) in [5.74, 6) is 1.31. The Balaban J connectivity index is 1.56. The molecule has 7 nitrogen and oxygen atoms in total. The third kappa shape index (κ3) is 6.08. The topological polar surface area (TPSA) is 88.3 Å². The molecule has 0 radical (unpaired) electrons. The molecule has 1 saturated heterocycles. The molecule has 7 heteroatoms. The van der Waals surface area contributed by atoms with Gasteiger partial charge in [-0.3, -0.25) is 4.79 Å². The minimum absolute atomic E-state index is 0.0756. The molecule has 1 aliphatic carbocycles. The average molecular weight is 482 g/mol. The van der Waals surface area contributed by atoms with Gasteiger partial charge in [-0.1, -0.05) is 30.3 Å². The first-order valence-electron chi connectivity index (χ1n) is 12.7. The highest BCUT2D eigenvalue weighted by Crippen LogP contribution is 2.36. The normalized spacial score (nSPS) is 20.1. The van der Waals surface area contributed by atoms with Gasteiger partial charge < -0.3 is 30.1 Å². The third-order valence-electron chi connectivity index (χ3n) is 7.22. The van der Waals surface area contributed by atoms with Crippen molar-refractivity contribution >= 4 is 11.6 Å². The summed E-state index contributed by atoms with van der Waals surface area (Å²) in [5, 5.41) is 10.4. The van der Waals surface area contributed by atoms with Gasteiger partial charge in [0, 0.05) is 31.4 Å². The van der Waals surface area contributed by atoms with E-state index >= 15 is 0 Å². The molecule has 2 aromatic rings. The van der Waals surface area contributed by atoms with Crippen LogP contribution in [0.1, 0.15) is 45.1 Å². The van der Waals surface area contributed by atoms with E-state index in [0.29, 0.717) is 26.1 Å². The molecule has 0 spiro atoms. The Morgan fingerprint density at radius 1 is 1.11 bits per heavy atom. The number of nitrogens with zero attached hydrogens (tertiary/aromatic N) is 2. The number of benzene rings is 2. The molecule has 1 heterocycles. The highest BCUT2D eigenvalue weighted by atomic mass is 16.5. The zero-order valence-corrected chi connectivity index (χ0v) is 21.2. The lowest BCUT2D eigenvalue weighted by Crippen LogP contribution is -2.62. The lowest BCUT2D eigenvalue weighted by molar-refractivity contribution is -0.140. The van der Waals surface area contributed by atoms with Crippen LogP contribution in [0.3, 0.4) is 0 Å². The van der Waals surface area contributed by atoms with E-state index in [1.165, 1.54) is 12.8 Å². The predicted octanol–water partition coefficient (Wildman–Crippen LogP) is 3.37. The molecule has 1 amide bonds. The Morgan fingerprint density at radius 3 is 2.49 bits per heavy atom. The van der Waals surface area contributed by atoms with Gasteiger partial charge in [-0.2, -0.15) is 0 Å². The lowest BCUT2D eigenvalue weighted by atomic mass is 9.95. The Bertz CT molecular complexity index is 985. The molecule has 0 aromatic heterocycles. The van der Waals surface area contributed by atoms with Crippen molar-refractivity contribution in [1.82, 2.24) is 4.90 Å². The van der Waals surface area contributed by atoms with Crippen molar-refractivity contribution in [3.63, 3.8) is 0 Å². The molecule has 2 aromatic carbocycles. The van der Waals surface area contributed by atoms with Crippen LogP contribution in [0, 0.1) is 0 Å². The van der Waals surface area contributed by atoms with Gasteiger partial charge in [0.25, 0.3) is 0 Å². The number of methoxy groups -OCH3 is 1. The van der Waals surface area contributed by atoms with Gasteiger partial charge in [0.1, 0.15) is 6.04 Å². The lowest BCUT2D eigenvalue weighted by Gasteiger charge is -2.44. The smallest absolute Gasteiger partial charge is 0.242 e. The molecule has 35 heavy (non-hydrogen) atoms. The molecular formula is C28H39N3O4. The first kappa shape index (κ1) is 25.3. The number of hydrogen-bond donors (Lipinski definition) is 2. The minimum atomic E-state index is -1.28. The second-order valence-electron chi connectivity index (χ2n) is 10.3. The van der Waals surface area contributed by atoms with E-state index in [1.807, 2.05) is 29.2 Å². The number of ether oxygens (including phenoxy) is 2. The SMILES string of the molecule is COc1ccc(N2CCN(C(=O)[C@@H](N)C(C)(C)O)[C@@H](Cc3ccccc3)C2)cc1OC1CCCC1. The van der Waals surface area contributed by atoms with E-state index in [9.17, 15) is 9.90 Å². The number of piperazine rings is 1. The van der Waals surface area contributed by atoms with Crippen molar-refractivity contribution in [1.29, 1.82) is 0 Å².